The Bertz CT molecular complexity index is 622. The van der Waals surface area contributed by atoms with Crippen LogP contribution in [0.15, 0.2) is 11.1 Å². The molecule has 3 rings (SSSR count). The third-order valence-electron chi connectivity index (χ3n) is 4.21. The van der Waals surface area contributed by atoms with Crippen LogP contribution in [0.25, 0.3) is 11.1 Å². The molecule has 0 spiro atoms. The van der Waals surface area contributed by atoms with E-state index in [2.05, 4.69) is 21.5 Å². The van der Waals surface area contributed by atoms with Gasteiger partial charge in [0, 0.05) is 0 Å². The zero-order chi connectivity index (χ0) is 14.7. The Balaban J connectivity index is 1.97. The van der Waals surface area contributed by atoms with Crippen LogP contribution >= 0.6 is 11.5 Å². The van der Waals surface area contributed by atoms with E-state index in [4.69, 9.17) is 0 Å². The number of nitrogens with zero attached hydrogens (tertiary/aromatic N) is 4. The number of nitriles is 2. The van der Waals surface area contributed by atoms with Crippen molar-refractivity contribution in [3.05, 3.63) is 22.0 Å². The molecule has 106 valence electrons. The Labute approximate surface area is 128 Å². The van der Waals surface area contributed by atoms with Gasteiger partial charge in [-0.1, -0.05) is 0 Å². The van der Waals surface area contributed by atoms with Gasteiger partial charge in [-0.3, -0.25) is 0 Å². The molecule has 0 unspecified atom stereocenters. The van der Waals surface area contributed by atoms with Crippen LogP contribution in [-0.2, 0) is 0 Å². The third kappa shape index (κ3) is 2.75. The molecule has 0 amide bonds. The number of aromatic nitrogens is 2. The highest BCUT2D eigenvalue weighted by Crippen LogP contribution is 2.34. The van der Waals surface area contributed by atoms with E-state index in [9.17, 15) is 10.5 Å². The first-order valence-corrected chi connectivity index (χ1v) is 8.19. The normalized spacial score (nSPS) is 17.6. The molecule has 1 aromatic heterocycles. The number of hydrogen-bond acceptors (Lipinski definition) is 5. The summed E-state index contributed by atoms with van der Waals surface area (Å²) in [6, 6.07) is 4.55. The maximum Gasteiger partial charge on any atom is 0.184 e. The molecule has 0 radical (unpaired) electrons. The minimum Gasteiger partial charge on any atom is -0.213 e. The van der Waals surface area contributed by atoms with Crippen molar-refractivity contribution in [3.63, 3.8) is 0 Å². The molecule has 0 N–H and O–H groups in total. The van der Waals surface area contributed by atoms with Crippen molar-refractivity contribution in [2.75, 3.05) is 0 Å². The molecule has 0 aliphatic heterocycles. The number of hydrogen-bond donors (Lipinski definition) is 0. The van der Waals surface area contributed by atoms with Crippen LogP contribution in [0.4, 0.5) is 0 Å². The second-order valence-electron chi connectivity index (χ2n) is 5.52. The average molecular weight is 296 g/mol. The highest BCUT2D eigenvalue weighted by Gasteiger charge is 2.21. The standard InChI is InChI=1S/C16H16N4S/c17-9-13(11-5-1-2-6-11)15-19-16(21-20-15)14(10-18)12-7-3-4-8-12/h1-8H2. The quantitative estimate of drug-likeness (QED) is 0.765. The van der Waals surface area contributed by atoms with E-state index in [0.717, 1.165) is 51.4 Å². The first-order chi connectivity index (χ1) is 10.3. The van der Waals surface area contributed by atoms with Crippen molar-refractivity contribution in [2.45, 2.75) is 51.4 Å². The van der Waals surface area contributed by atoms with Crippen molar-refractivity contribution < 1.29 is 0 Å². The smallest absolute Gasteiger partial charge is 0.184 e. The first-order valence-electron chi connectivity index (χ1n) is 7.42. The fourth-order valence-corrected chi connectivity index (χ4v) is 3.81. The molecule has 2 saturated carbocycles. The molecular formula is C16H16N4S. The lowest BCUT2D eigenvalue weighted by Gasteiger charge is -1.99. The maximum atomic E-state index is 9.41. The zero-order valence-electron chi connectivity index (χ0n) is 11.9. The highest BCUT2D eigenvalue weighted by atomic mass is 32.1. The van der Waals surface area contributed by atoms with E-state index in [-0.39, 0.29) is 0 Å². The van der Waals surface area contributed by atoms with E-state index in [1.165, 1.54) is 22.7 Å². The largest absolute Gasteiger partial charge is 0.213 e. The minimum atomic E-state index is 0.515. The van der Waals surface area contributed by atoms with E-state index in [1.54, 1.807) is 0 Å². The zero-order valence-corrected chi connectivity index (χ0v) is 12.7. The van der Waals surface area contributed by atoms with E-state index < -0.39 is 0 Å². The van der Waals surface area contributed by atoms with Gasteiger partial charge in [-0.25, -0.2) is 4.98 Å². The van der Waals surface area contributed by atoms with Gasteiger partial charge in [-0.2, -0.15) is 14.9 Å². The van der Waals surface area contributed by atoms with Crippen LogP contribution in [0.1, 0.15) is 62.2 Å². The molecule has 2 fully saturated rings. The average Bonchev–Trinajstić information content (AvgIpc) is 3.23. The van der Waals surface area contributed by atoms with Crippen molar-refractivity contribution in [3.8, 4) is 12.1 Å². The van der Waals surface area contributed by atoms with Gasteiger partial charge in [0.2, 0.25) is 0 Å². The maximum absolute atomic E-state index is 9.41. The molecule has 5 heteroatoms. The topological polar surface area (TPSA) is 73.4 Å². The molecule has 2 aliphatic carbocycles. The summed E-state index contributed by atoms with van der Waals surface area (Å²) >= 11 is 1.24. The highest BCUT2D eigenvalue weighted by molar-refractivity contribution is 7.06. The Kier molecular flexibility index (Phi) is 4.13. The van der Waals surface area contributed by atoms with Crippen LogP contribution in [0.3, 0.4) is 0 Å². The van der Waals surface area contributed by atoms with Gasteiger partial charge >= 0.3 is 0 Å². The molecule has 0 atom stereocenters. The van der Waals surface area contributed by atoms with Gasteiger partial charge in [0.15, 0.2) is 10.8 Å². The SMILES string of the molecule is N#CC(=C1CCCC1)c1nsc(C(C#N)=C2CCCC2)n1. The fourth-order valence-electron chi connectivity index (χ4n) is 3.10. The summed E-state index contributed by atoms with van der Waals surface area (Å²) in [7, 11) is 0. The predicted octanol–water partition coefficient (Wildman–Crippen LogP) is 4.24. The van der Waals surface area contributed by atoms with Crippen LogP contribution in [0.5, 0.6) is 0 Å². The third-order valence-corrected chi connectivity index (χ3v) is 4.94. The first kappa shape index (κ1) is 14.0. The molecule has 4 nitrogen and oxygen atoms in total. The molecule has 1 heterocycles. The van der Waals surface area contributed by atoms with Crippen molar-refractivity contribution in [1.29, 1.82) is 10.5 Å². The summed E-state index contributed by atoms with van der Waals surface area (Å²) < 4.78 is 4.34. The lowest BCUT2D eigenvalue weighted by Crippen LogP contribution is -1.91. The van der Waals surface area contributed by atoms with Gasteiger partial charge < -0.3 is 0 Å². The molecule has 0 saturated heterocycles. The van der Waals surface area contributed by atoms with E-state index in [0.29, 0.717) is 22.0 Å². The van der Waals surface area contributed by atoms with Crippen molar-refractivity contribution in [1.82, 2.24) is 9.36 Å². The number of allylic oxidation sites excluding steroid dienone is 4. The Hall–Kier alpha value is -1.98. The monoisotopic (exact) mass is 296 g/mol. The summed E-state index contributed by atoms with van der Waals surface area (Å²) in [4.78, 5) is 4.49. The second kappa shape index (κ2) is 6.20. The molecule has 21 heavy (non-hydrogen) atoms. The summed E-state index contributed by atoms with van der Waals surface area (Å²) in [6.45, 7) is 0. The molecule has 0 aromatic carbocycles. The van der Waals surface area contributed by atoms with E-state index in [1.807, 2.05) is 0 Å². The lowest BCUT2D eigenvalue weighted by molar-refractivity contribution is 0.886. The summed E-state index contributed by atoms with van der Waals surface area (Å²) in [5, 5.41) is 19.5. The van der Waals surface area contributed by atoms with Gasteiger partial charge in [0.05, 0.1) is 11.1 Å². The fraction of sp³-hybridized carbons (Fsp3) is 0.500. The lowest BCUT2D eigenvalue weighted by atomic mass is 10.1. The second-order valence-corrected chi connectivity index (χ2v) is 6.27. The molecule has 2 aliphatic rings. The van der Waals surface area contributed by atoms with Gasteiger partial charge in [0.1, 0.15) is 12.1 Å². The van der Waals surface area contributed by atoms with Crippen LogP contribution < -0.4 is 0 Å². The predicted molar refractivity (Wildman–Crippen MR) is 81.9 cm³/mol. The van der Waals surface area contributed by atoms with Gasteiger partial charge in [-0.05, 0) is 74.0 Å². The molecule has 0 bridgehead atoms. The van der Waals surface area contributed by atoms with Gasteiger partial charge in [0.25, 0.3) is 0 Å². The van der Waals surface area contributed by atoms with E-state index >= 15 is 0 Å². The van der Waals surface area contributed by atoms with Crippen molar-refractivity contribution in [2.24, 2.45) is 0 Å². The Morgan fingerprint density at radius 2 is 1.38 bits per heavy atom. The summed E-state index contributed by atoms with van der Waals surface area (Å²) in [6.07, 6.45) is 8.52. The summed E-state index contributed by atoms with van der Waals surface area (Å²) in [5.41, 5.74) is 3.69. The Morgan fingerprint density at radius 3 is 1.90 bits per heavy atom. The van der Waals surface area contributed by atoms with Crippen LogP contribution in [-0.4, -0.2) is 9.36 Å². The summed E-state index contributed by atoms with van der Waals surface area (Å²) in [5.74, 6) is 0.515. The molecular weight excluding hydrogens is 280 g/mol. The van der Waals surface area contributed by atoms with Crippen LogP contribution in [0, 0.1) is 22.7 Å². The minimum absolute atomic E-state index is 0.515. The molecule has 1 aromatic rings. The van der Waals surface area contributed by atoms with Gasteiger partial charge in [-0.15, -0.1) is 0 Å². The van der Waals surface area contributed by atoms with Crippen LogP contribution in [0.2, 0.25) is 0 Å². The Morgan fingerprint density at radius 1 is 0.857 bits per heavy atom. The number of rotatable bonds is 2. The van der Waals surface area contributed by atoms with Crippen molar-refractivity contribution >= 4 is 22.7 Å².